The number of amides is 3. The summed E-state index contributed by atoms with van der Waals surface area (Å²) in [4.78, 5) is 36.6. The van der Waals surface area contributed by atoms with Gasteiger partial charge in [0.1, 0.15) is 0 Å². The molecular formula is C24H29N3O5. The molecule has 32 heavy (non-hydrogen) atoms. The van der Waals surface area contributed by atoms with Gasteiger partial charge in [-0.25, -0.2) is 0 Å². The second-order valence-electron chi connectivity index (χ2n) is 7.85. The number of ether oxygens (including phenoxy) is 2. The fourth-order valence-electron chi connectivity index (χ4n) is 3.59. The Balaban J connectivity index is 1.44. The van der Waals surface area contributed by atoms with Crippen molar-refractivity contribution in [2.45, 2.75) is 39.0 Å². The first-order valence-corrected chi connectivity index (χ1v) is 10.7. The maximum Gasteiger partial charge on any atom is 0.276 e. The van der Waals surface area contributed by atoms with Crippen LogP contribution in [0.1, 0.15) is 48.0 Å². The van der Waals surface area contributed by atoms with Gasteiger partial charge in [0.25, 0.3) is 11.8 Å². The zero-order chi connectivity index (χ0) is 22.9. The molecule has 8 nitrogen and oxygen atoms in total. The maximum atomic E-state index is 12.3. The van der Waals surface area contributed by atoms with Crippen molar-refractivity contribution in [3.8, 4) is 11.5 Å². The number of nitrogens with one attached hydrogen (secondary N) is 3. The molecule has 0 atom stereocenters. The summed E-state index contributed by atoms with van der Waals surface area (Å²) < 4.78 is 10.7. The summed E-state index contributed by atoms with van der Waals surface area (Å²) in [5.41, 5.74) is 6.66. The van der Waals surface area contributed by atoms with Crippen LogP contribution in [-0.2, 0) is 9.59 Å². The van der Waals surface area contributed by atoms with Gasteiger partial charge in [-0.1, -0.05) is 25.3 Å². The molecule has 8 heteroatoms. The molecule has 3 N–H and O–H groups in total. The van der Waals surface area contributed by atoms with Gasteiger partial charge in [-0.2, -0.15) is 0 Å². The van der Waals surface area contributed by atoms with Crippen molar-refractivity contribution in [3.05, 3.63) is 53.6 Å². The standard InChI is InChI=1S/C24H29N3O5/c1-16-8-13-20(21(14-16)31-2)32-15-22(28)26-27-24(30)18-9-11-19(12-10-18)25-23(29)17-6-4-3-5-7-17/h8-14,17H,3-7,15H2,1-2H3,(H,25,29)(H,26,28)(H,27,30). The van der Waals surface area contributed by atoms with E-state index < -0.39 is 11.8 Å². The second kappa shape index (κ2) is 11.2. The van der Waals surface area contributed by atoms with Crippen molar-refractivity contribution in [2.75, 3.05) is 19.0 Å². The number of benzene rings is 2. The number of hydrogen-bond acceptors (Lipinski definition) is 5. The zero-order valence-corrected chi connectivity index (χ0v) is 18.4. The fourth-order valence-corrected chi connectivity index (χ4v) is 3.59. The van der Waals surface area contributed by atoms with E-state index >= 15 is 0 Å². The van der Waals surface area contributed by atoms with Crippen LogP contribution < -0.4 is 25.6 Å². The van der Waals surface area contributed by atoms with E-state index in [1.807, 2.05) is 13.0 Å². The number of hydrazine groups is 1. The Bertz CT molecular complexity index is 953. The Morgan fingerprint density at radius 3 is 2.34 bits per heavy atom. The van der Waals surface area contributed by atoms with Gasteiger partial charge in [-0.3, -0.25) is 25.2 Å². The molecule has 170 valence electrons. The maximum absolute atomic E-state index is 12.3. The normalized spacial score (nSPS) is 13.7. The molecule has 3 rings (SSSR count). The smallest absolute Gasteiger partial charge is 0.276 e. The summed E-state index contributed by atoms with van der Waals surface area (Å²) in [5.74, 6) is 0.0557. The van der Waals surface area contributed by atoms with Crippen LogP contribution in [0.5, 0.6) is 11.5 Å². The fraction of sp³-hybridized carbons (Fsp3) is 0.375. The molecule has 0 spiro atoms. The van der Waals surface area contributed by atoms with E-state index in [4.69, 9.17) is 9.47 Å². The van der Waals surface area contributed by atoms with Gasteiger partial charge in [0.2, 0.25) is 5.91 Å². The first-order chi connectivity index (χ1) is 15.5. The van der Waals surface area contributed by atoms with Crippen molar-refractivity contribution in [1.29, 1.82) is 0 Å². The molecule has 0 unspecified atom stereocenters. The minimum Gasteiger partial charge on any atom is -0.493 e. The highest BCUT2D eigenvalue weighted by molar-refractivity contribution is 5.97. The predicted octanol–water partition coefficient (Wildman–Crippen LogP) is 3.36. The number of carbonyl (C=O) groups excluding carboxylic acids is 3. The molecule has 2 aromatic carbocycles. The van der Waals surface area contributed by atoms with Crippen LogP contribution in [0.25, 0.3) is 0 Å². The van der Waals surface area contributed by atoms with E-state index in [9.17, 15) is 14.4 Å². The first kappa shape index (κ1) is 23.1. The predicted molar refractivity (Wildman–Crippen MR) is 120 cm³/mol. The van der Waals surface area contributed by atoms with Crippen LogP contribution in [0.15, 0.2) is 42.5 Å². The summed E-state index contributed by atoms with van der Waals surface area (Å²) in [6.07, 6.45) is 5.22. The van der Waals surface area contributed by atoms with Crippen molar-refractivity contribution in [2.24, 2.45) is 5.92 Å². The van der Waals surface area contributed by atoms with E-state index in [1.165, 1.54) is 13.5 Å². The molecule has 1 saturated carbocycles. The summed E-state index contributed by atoms with van der Waals surface area (Å²) in [7, 11) is 1.52. The third-order valence-corrected chi connectivity index (χ3v) is 5.38. The van der Waals surface area contributed by atoms with E-state index in [-0.39, 0.29) is 18.4 Å². The third kappa shape index (κ3) is 6.47. The van der Waals surface area contributed by atoms with E-state index in [0.29, 0.717) is 22.7 Å². The molecule has 0 radical (unpaired) electrons. The van der Waals surface area contributed by atoms with E-state index in [0.717, 1.165) is 31.2 Å². The van der Waals surface area contributed by atoms with Crippen molar-refractivity contribution < 1.29 is 23.9 Å². The van der Waals surface area contributed by atoms with Gasteiger partial charge >= 0.3 is 0 Å². The Labute approximate surface area is 187 Å². The van der Waals surface area contributed by atoms with Gasteiger partial charge in [-0.05, 0) is 61.7 Å². The van der Waals surface area contributed by atoms with Gasteiger partial charge in [0.05, 0.1) is 7.11 Å². The summed E-state index contributed by atoms with van der Waals surface area (Å²) in [6.45, 7) is 1.64. The molecule has 1 aliphatic rings. The van der Waals surface area contributed by atoms with Crippen LogP contribution >= 0.6 is 0 Å². The van der Waals surface area contributed by atoms with Crippen molar-refractivity contribution in [1.82, 2.24) is 10.9 Å². The van der Waals surface area contributed by atoms with Crippen LogP contribution in [0.3, 0.4) is 0 Å². The monoisotopic (exact) mass is 439 g/mol. The Kier molecular flexibility index (Phi) is 8.08. The molecule has 2 aromatic rings. The zero-order valence-electron chi connectivity index (χ0n) is 18.4. The number of aryl methyl sites for hydroxylation is 1. The highest BCUT2D eigenvalue weighted by Gasteiger charge is 2.21. The van der Waals surface area contributed by atoms with Crippen LogP contribution in [0.2, 0.25) is 0 Å². The molecule has 0 aliphatic heterocycles. The van der Waals surface area contributed by atoms with Gasteiger partial charge in [0.15, 0.2) is 18.1 Å². The first-order valence-electron chi connectivity index (χ1n) is 10.7. The quantitative estimate of drug-likeness (QED) is 0.574. The van der Waals surface area contributed by atoms with E-state index in [1.54, 1.807) is 36.4 Å². The minimum atomic E-state index is -0.516. The largest absolute Gasteiger partial charge is 0.493 e. The van der Waals surface area contributed by atoms with Crippen LogP contribution in [0.4, 0.5) is 5.69 Å². The number of methoxy groups -OCH3 is 1. The Morgan fingerprint density at radius 1 is 0.938 bits per heavy atom. The Morgan fingerprint density at radius 2 is 1.66 bits per heavy atom. The van der Waals surface area contributed by atoms with Gasteiger partial charge in [-0.15, -0.1) is 0 Å². The number of carbonyl (C=O) groups is 3. The van der Waals surface area contributed by atoms with Crippen LogP contribution in [-0.4, -0.2) is 31.4 Å². The second-order valence-corrected chi connectivity index (χ2v) is 7.85. The van der Waals surface area contributed by atoms with Crippen LogP contribution in [0, 0.1) is 12.8 Å². The van der Waals surface area contributed by atoms with Crippen molar-refractivity contribution in [3.63, 3.8) is 0 Å². The molecular weight excluding hydrogens is 410 g/mol. The molecule has 3 amide bonds. The van der Waals surface area contributed by atoms with E-state index in [2.05, 4.69) is 16.2 Å². The molecule has 0 bridgehead atoms. The highest BCUT2D eigenvalue weighted by atomic mass is 16.5. The molecule has 0 heterocycles. The lowest BCUT2D eigenvalue weighted by atomic mass is 9.88. The summed E-state index contributed by atoms with van der Waals surface area (Å²) in [6, 6.07) is 11.9. The molecule has 1 fully saturated rings. The number of rotatable bonds is 7. The highest BCUT2D eigenvalue weighted by Crippen LogP contribution is 2.27. The lowest BCUT2D eigenvalue weighted by molar-refractivity contribution is -0.124. The Hall–Kier alpha value is -3.55. The lowest BCUT2D eigenvalue weighted by Gasteiger charge is -2.20. The van der Waals surface area contributed by atoms with Crippen molar-refractivity contribution >= 4 is 23.4 Å². The minimum absolute atomic E-state index is 0.0272. The molecule has 0 aromatic heterocycles. The topological polar surface area (TPSA) is 106 Å². The SMILES string of the molecule is COc1cc(C)ccc1OCC(=O)NNC(=O)c1ccc(NC(=O)C2CCCCC2)cc1. The van der Waals surface area contributed by atoms with Gasteiger partial charge in [0, 0.05) is 17.2 Å². The lowest BCUT2D eigenvalue weighted by Crippen LogP contribution is -2.43. The molecule has 0 saturated heterocycles. The molecule has 1 aliphatic carbocycles. The summed E-state index contributed by atoms with van der Waals surface area (Å²) >= 11 is 0. The number of hydrogen-bond donors (Lipinski definition) is 3. The average Bonchev–Trinajstić information content (AvgIpc) is 2.82. The average molecular weight is 440 g/mol. The third-order valence-electron chi connectivity index (χ3n) is 5.38. The number of anilines is 1. The summed E-state index contributed by atoms with van der Waals surface area (Å²) in [5, 5.41) is 2.91. The van der Waals surface area contributed by atoms with Gasteiger partial charge < -0.3 is 14.8 Å².